The van der Waals surface area contributed by atoms with Gasteiger partial charge in [-0.3, -0.25) is 0 Å². The number of aliphatic hydroxyl groups is 1. The van der Waals surface area contributed by atoms with E-state index in [1.807, 2.05) is 66.7 Å². The fraction of sp³-hybridized carbons (Fsp3) is 0.0588. The lowest BCUT2D eigenvalue weighted by Gasteiger charge is -2.01. The van der Waals surface area contributed by atoms with E-state index in [1.165, 1.54) is 0 Å². The average molecular weight is 234 g/mol. The third kappa shape index (κ3) is 3.62. The zero-order chi connectivity index (χ0) is 12.6. The zero-order valence-corrected chi connectivity index (χ0v) is 9.95. The molecule has 0 saturated heterocycles. The minimum atomic E-state index is -0.730. The second-order valence-electron chi connectivity index (χ2n) is 3.85. The van der Waals surface area contributed by atoms with E-state index in [0.717, 1.165) is 11.1 Å². The summed E-state index contributed by atoms with van der Waals surface area (Å²) in [4.78, 5) is 0. The Morgan fingerprint density at radius 2 is 1.50 bits per heavy atom. The van der Waals surface area contributed by atoms with Crippen molar-refractivity contribution >= 4 is 6.08 Å². The Bertz CT molecular complexity index is 559. The first-order chi connectivity index (χ1) is 8.86. The molecule has 0 radical (unpaired) electrons. The highest BCUT2D eigenvalue weighted by Gasteiger charge is 1.99. The molecule has 0 aliphatic carbocycles. The molecule has 0 heterocycles. The van der Waals surface area contributed by atoms with Crippen molar-refractivity contribution in [1.82, 2.24) is 0 Å². The molecule has 1 unspecified atom stereocenters. The molecule has 2 aromatic carbocycles. The third-order valence-electron chi connectivity index (χ3n) is 2.49. The van der Waals surface area contributed by atoms with Gasteiger partial charge in [0.1, 0.15) is 6.10 Å². The molecule has 0 spiro atoms. The summed E-state index contributed by atoms with van der Waals surface area (Å²) in [6.07, 6.45) is 2.94. The van der Waals surface area contributed by atoms with Gasteiger partial charge in [-0.15, -0.1) is 0 Å². The van der Waals surface area contributed by atoms with Crippen LogP contribution in [0.25, 0.3) is 6.08 Å². The van der Waals surface area contributed by atoms with E-state index in [0.29, 0.717) is 0 Å². The quantitative estimate of drug-likeness (QED) is 0.789. The van der Waals surface area contributed by atoms with Crippen molar-refractivity contribution in [1.29, 1.82) is 0 Å². The van der Waals surface area contributed by atoms with E-state index < -0.39 is 6.10 Å². The summed E-state index contributed by atoms with van der Waals surface area (Å²) >= 11 is 0. The van der Waals surface area contributed by atoms with Crippen LogP contribution in [0, 0.1) is 11.8 Å². The van der Waals surface area contributed by atoms with Gasteiger partial charge in [0.25, 0.3) is 0 Å². The molecule has 0 aliphatic heterocycles. The fourth-order valence-corrected chi connectivity index (χ4v) is 1.55. The Morgan fingerprint density at radius 1 is 0.889 bits per heavy atom. The Hall–Kier alpha value is -2.30. The molecule has 0 aromatic heterocycles. The fourth-order valence-electron chi connectivity index (χ4n) is 1.55. The van der Waals surface area contributed by atoms with Crippen LogP contribution in [0.5, 0.6) is 0 Å². The van der Waals surface area contributed by atoms with Gasteiger partial charge in [-0.2, -0.15) is 0 Å². The molecular formula is C17H14O. The summed E-state index contributed by atoms with van der Waals surface area (Å²) < 4.78 is 0. The first-order valence-corrected chi connectivity index (χ1v) is 5.82. The summed E-state index contributed by atoms with van der Waals surface area (Å²) in [5.74, 6) is 5.64. The van der Waals surface area contributed by atoms with Gasteiger partial charge in [0, 0.05) is 0 Å². The van der Waals surface area contributed by atoms with Crippen molar-refractivity contribution in [2.75, 3.05) is 0 Å². The first kappa shape index (κ1) is 12.2. The van der Waals surface area contributed by atoms with Crippen molar-refractivity contribution in [3.8, 4) is 11.8 Å². The van der Waals surface area contributed by atoms with Crippen LogP contribution >= 0.6 is 0 Å². The minimum Gasteiger partial charge on any atom is -0.376 e. The van der Waals surface area contributed by atoms with Gasteiger partial charge in [-0.25, -0.2) is 0 Å². The van der Waals surface area contributed by atoms with E-state index in [9.17, 15) is 5.11 Å². The molecule has 1 atom stereocenters. The second-order valence-corrected chi connectivity index (χ2v) is 3.85. The number of aliphatic hydroxyl groups excluding tert-OH is 1. The number of allylic oxidation sites excluding steroid dienone is 1. The van der Waals surface area contributed by atoms with Crippen LogP contribution in [-0.2, 0) is 0 Å². The first-order valence-electron chi connectivity index (χ1n) is 5.82. The molecule has 0 bridgehead atoms. The largest absolute Gasteiger partial charge is 0.376 e. The maximum Gasteiger partial charge on any atom is 0.140 e. The molecular weight excluding hydrogens is 220 g/mol. The van der Waals surface area contributed by atoms with E-state index in [4.69, 9.17) is 0 Å². The molecule has 0 aliphatic rings. The average Bonchev–Trinajstić information content (AvgIpc) is 2.45. The smallest absolute Gasteiger partial charge is 0.140 e. The highest BCUT2D eigenvalue weighted by atomic mass is 16.3. The van der Waals surface area contributed by atoms with E-state index in [1.54, 1.807) is 6.08 Å². The highest BCUT2D eigenvalue weighted by molar-refractivity contribution is 5.52. The molecule has 2 aromatic rings. The van der Waals surface area contributed by atoms with Gasteiger partial charge in [0.15, 0.2) is 0 Å². The molecule has 1 nitrogen and oxygen atoms in total. The Kier molecular flexibility index (Phi) is 4.35. The van der Waals surface area contributed by atoms with Gasteiger partial charge in [0.05, 0.1) is 0 Å². The normalized spacial score (nSPS) is 11.8. The molecule has 0 saturated carbocycles. The third-order valence-corrected chi connectivity index (χ3v) is 2.49. The number of hydrogen-bond acceptors (Lipinski definition) is 1. The van der Waals surface area contributed by atoms with Crippen molar-refractivity contribution in [2.45, 2.75) is 6.10 Å². The van der Waals surface area contributed by atoms with Crippen LogP contribution in [0.15, 0.2) is 66.7 Å². The standard InChI is InChI=1S/C17H14O/c18-17(16-12-5-2-6-13-16)14-8-7-11-15-9-3-1-4-10-15/h1-7,9-13,17-18H/b11-7+. The van der Waals surface area contributed by atoms with Crippen LogP contribution in [-0.4, -0.2) is 5.11 Å². The van der Waals surface area contributed by atoms with Gasteiger partial charge in [-0.05, 0) is 23.3 Å². The van der Waals surface area contributed by atoms with Crippen LogP contribution in [0.3, 0.4) is 0 Å². The Morgan fingerprint density at radius 3 is 2.17 bits per heavy atom. The SMILES string of the molecule is OC(C#C/C=C/c1ccccc1)c1ccccc1. The second kappa shape index (κ2) is 6.44. The molecule has 0 fully saturated rings. The Balaban J connectivity index is 1.99. The maximum absolute atomic E-state index is 9.81. The molecule has 0 amide bonds. The van der Waals surface area contributed by atoms with Crippen molar-refractivity contribution < 1.29 is 5.11 Å². The van der Waals surface area contributed by atoms with Gasteiger partial charge < -0.3 is 5.11 Å². The van der Waals surface area contributed by atoms with Crippen molar-refractivity contribution in [2.24, 2.45) is 0 Å². The summed E-state index contributed by atoms with van der Waals surface area (Å²) in [6.45, 7) is 0. The van der Waals surface area contributed by atoms with E-state index >= 15 is 0 Å². The lowest BCUT2D eigenvalue weighted by Crippen LogP contribution is -1.91. The predicted molar refractivity (Wildman–Crippen MR) is 74.7 cm³/mol. The molecule has 2 rings (SSSR count). The van der Waals surface area contributed by atoms with Crippen LogP contribution in [0.1, 0.15) is 17.2 Å². The molecule has 88 valence electrons. The molecule has 1 heteroatoms. The maximum atomic E-state index is 9.81. The van der Waals surface area contributed by atoms with Crippen LogP contribution in [0.2, 0.25) is 0 Å². The number of benzene rings is 2. The lowest BCUT2D eigenvalue weighted by atomic mass is 10.1. The number of hydrogen-bond donors (Lipinski definition) is 1. The lowest BCUT2D eigenvalue weighted by molar-refractivity contribution is 0.238. The van der Waals surface area contributed by atoms with Crippen molar-refractivity contribution in [3.63, 3.8) is 0 Å². The van der Waals surface area contributed by atoms with E-state index in [-0.39, 0.29) is 0 Å². The predicted octanol–water partition coefficient (Wildman–Crippen LogP) is 3.44. The highest BCUT2D eigenvalue weighted by Crippen LogP contribution is 2.10. The summed E-state index contributed by atoms with van der Waals surface area (Å²) in [5.41, 5.74) is 1.92. The summed E-state index contributed by atoms with van der Waals surface area (Å²) in [6, 6.07) is 19.4. The van der Waals surface area contributed by atoms with Crippen LogP contribution in [0.4, 0.5) is 0 Å². The monoisotopic (exact) mass is 234 g/mol. The van der Waals surface area contributed by atoms with Gasteiger partial charge >= 0.3 is 0 Å². The van der Waals surface area contributed by atoms with E-state index in [2.05, 4.69) is 11.8 Å². The van der Waals surface area contributed by atoms with Crippen molar-refractivity contribution in [3.05, 3.63) is 77.9 Å². The molecule has 1 N–H and O–H groups in total. The Labute approximate surface area is 107 Å². The zero-order valence-electron chi connectivity index (χ0n) is 9.95. The molecule has 18 heavy (non-hydrogen) atoms. The number of rotatable bonds is 2. The summed E-state index contributed by atoms with van der Waals surface area (Å²) in [7, 11) is 0. The van der Waals surface area contributed by atoms with Gasteiger partial charge in [-0.1, -0.05) is 72.5 Å². The van der Waals surface area contributed by atoms with Gasteiger partial charge in [0.2, 0.25) is 0 Å². The topological polar surface area (TPSA) is 20.2 Å². The van der Waals surface area contributed by atoms with Crippen LogP contribution < -0.4 is 0 Å². The summed E-state index contributed by atoms with van der Waals surface area (Å²) in [5, 5.41) is 9.81. The minimum absolute atomic E-state index is 0.730.